The minimum Gasteiger partial charge on any atom is -0.358 e. The van der Waals surface area contributed by atoms with Gasteiger partial charge in [0, 0.05) is 0 Å². The zero-order chi connectivity index (χ0) is 5.11. The Bertz CT molecular complexity index is 50.9. The normalized spacial score (nSPS) is 19.7. The Balaban J connectivity index is 0. The first-order valence-electron chi connectivity index (χ1n) is 2.90. The minimum atomic E-state index is 0. The first kappa shape index (κ1) is 12.4. The van der Waals surface area contributed by atoms with Crippen LogP contribution in [-0.2, 0) is 0 Å². The molecule has 1 aliphatic heterocycles. The van der Waals surface area contributed by atoms with Gasteiger partial charge in [0.15, 0.2) is 0 Å². The van der Waals surface area contributed by atoms with Crippen molar-refractivity contribution in [3.05, 3.63) is 13.8 Å². The van der Waals surface area contributed by atoms with Gasteiger partial charge in [-0.1, -0.05) is 0 Å². The maximum atomic E-state index is 2.36. The summed E-state index contributed by atoms with van der Waals surface area (Å²) in [5.74, 6) is 0. The SMILES string of the molecule is CN1CC[CH-]CC1.[CH3-].[Mg+2]. The van der Waals surface area contributed by atoms with Crippen LogP contribution in [0.5, 0.6) is 0 Å². The Morgan fingerprint density at radius 3 is 1.89 bits per heavy atom. The van der Waals surface area contributed by atoms with E-state index in [4.69, 9.17) is 0 Å². The van der Waals surface area contributed by atoms with Crippen molar-refractivity contribution < 1.29 is 0 Å². The van der Waals surface area contributed by atoms with Gasteiger partial charge >= 0.3 is 23.1 Å². The fraction of sp³-hybridized carbons (Fsp3) is 0.714. The van der Waals surface area contributed by atoms with E-state index in [9.17, 15) is 0 Å². The van der Waals surface area contributed by atoms with E-state index in [0.29, 0.717) is 0 Å². The summed E-state index contributed by atoms with van der Waals surface area (Å²) in [6.07, 6.45) is 4.94. The molecular weight excluding hydrogens is 122 g/mol. The van der Waals surface area contributed by atoms with Gasteiger partial charge in [-0.15, -0.1) is 0 Å². The number of hydrogen-bond acceptors (Lipinski definition) is 1. The van der Waals surface area contributed by atoms with E-state index in [2.05, 4.69) is 18.4 Å². The third-order valence-corrected chi connectivity index (χ3v) is 1.43. The van der Waals surface area contributed by atoms with Gasteiger partial charge in [0.2, 0.25) is 0 Å². The second kappa shape index (κ2) is 6.84. The number of piperidine rings is 1. The largest absolute Gasteiger partial charge is 2.00 e. The molecule has 0 radical (unpaired) electrons. The maximum Gasteiger partial charge on any atom is 2.00 e. The molecule has 0 aromatic heterocycles. The Labute approximate surface area is 75.0 Å². The standard InChI is InChI=1S/C6H12N.CH3.Mg/c1-7-5-3-2-4-6-7;;/h2H,3-6H2,1H3;1H3;/q2*-1;+2. The quantitative estimate of drug-likeness (QED) is 0.356. The molecule has 0 atom stereocenters. The molecule has 0 bridgehead atoms. The third kappa shape index (κ3) is 5.18. The number of hydrogen-bond donors (Lipinski definition) is 0. The van der Waals surface area contributed by atoms with Crippen LogP contribution < -0.4 is 0 Å². The predicted octanol–water partition coefficient (Wildman–Crippen LogP) is 0.986. The number of likely N-dealkylation sites (tertiary alicyclic amines) is 1. The van der Waals surface area contributed by atoms with E-state index in [1.54, 1.807) is 0 Å². The van der Waals surface area contributed by atoms with Crippen LogP contribution in [0, 0.1) is 13.8 Å². The number of nitrogens with zero attached hydrogens (tertiary/aromatic N) is 1. The molecule has 1 nitrogen and oxygen atoms in total. The van der Waals surface area contributed by atoms with Crippen molar-refractivity contribution in [2.45, 2.75) is 12.8 Å². The molecule has 9 heavy (non-hydrogen) atoms. The van der Waals surface area contributed by atoms with E-state index >= 15 is 0 Å². The molecule has 2 heteroatoms. The van der Waals surface area contributed by atoms with Crippen LogP contribution in [0.1, 0.15) is 12.8 Å². The molecule has 1 saturated heterocycles. The second-order valence-electron chi connectivity index (χ2n) is 2.17. The monoisotopic (exact) mass is 137 g/mol. The van der Waals surface area contributed by atoms with Crippen molar-refractivity contribution in [3.63, 3.8) is 0 Å². The van der Waals surface area contributed by atoms with Gasteiger partial charge in [-0.2, -0.15) is 12.8 Å². The molecule has 0 aromatic carbocycles. The van der Waals surface area contributed by atoms with Gasteiger partial charge in [0.05, 0.1) is 0 Å². The summed E-state index contributed by atoms with van der Waals surface area (Å²) in [5.41, 5.74) is 0. The molecule has 0 saturated carbocycles. The Morgan fingerprint density at radius 1 is 1.22 bits per heavy atom. The first-order chi connectivity index (χ1) is 3.39. The maximum absolute atomic E-state index is 2.36. The van der Waals surface area contributed by atoms with Crippen molar-refractivity contribution in [3.8, 4) is 0 Å². The molecular formula is C7H15MgN. The molecule has 0 aromatic rings. The van der Waals surface area contributed by atoms with Crippen LogP contribution in [0.25, 0.3) is 0 Å². The summed E-state index contributed by atoms with van der Waals surface area (Å²) in [6, 6.07) is 0. The zero-order valence-corrected chi connectivity index (χ0v) is 7.97. The molecule has 50 valence electrons. The molecule has 0 spiro atoms. The van der Waals surface area contributed by atoms with E-state index in [0.717, 1.165) is 0 Å². The molecule has 0 amide bonds. The van der Waals surface area contributed by atoms with E-state index in [1.807, 2.05) is 0 Å². The summed E-state index contributed by atoms with van der Waals surface area (Å²) in [5, 5.41) is 0. The van der Waals surface area contributed by atoms with Crippen molar-refractivity contribution in [1.29, 1.82) is 0 Å². The fourth-order valence-corrected chi connectivity index (χ4v) is 0.879. The summed E-state index contributed by atoms with van der Waals surface area (Å²) in [6.45, 7) is 2.53. The van der Waals surface area contributed by atoms with Crippen LogP contribution in [0.2, 0.25) is 0 Å². The summed E-state index contributed by atoms with van der Waals surface area (Å²) >= 11 is 0. The minimum absolute atomic E-state index is 0. The van der Waals surface area contributed by atoms with Crippen molar-refractivity contribution in [2.75, 3.05) is 20.1 Å². The summed E-state index contributed by atoms with van der Waals surface area (Å²) in [4.78, 5) is 2.36. The molecule has 0 N–H and O–H groups in total. The van der Waals surface area contributed by atoms with Gasteiger partial charge in [-0.25, -0.2) is 0 Å². The average Bonchev–Trinajstić information content (AvgIpc) is 1.69. The summed E-state index contributed by atoms with van der Waals surface area (Å²) in [7, 11) is 2.17. The van der Waals surface area contributed by atoms with Crippen LogP contribution in [0.15, 0.2) is 0 Å². The van der Waals surface area contributed by atoms with Gasteiger partial charge < -0.3 is 18.7 Å². The van der Waals surface area contributed by atoms with Crippen LogP contribution in [0.3, 0.4) is 0 Å². The number of rotatable bonds is 0. The predicted molar refractivity (Wildman–Crippen MR) is 43.2 cm³/mol. The van der Waals surface area contributed by atoms with Crippen molar-refractivity contribution in [2.24, 2.45) is 0 Å². The third-order valence-electron chi connectivity index (χ3n) is 1.43. The topological polar surface area (TPSA) is 3.24 Å². The van der Waals surface area contributed by atoms with Crippen LogP contribution >= 0.6 is 0 Å². The average molecular weight is 138 g/mol. The van der Waals surface area contributed by atoms with Gasteiger partial charge in [0.25, 0.3) is 0 Å². The molecule has 1 aliphatic rings. The second-order valence-corrected chi connectivity index (χ2v) is 2.17. The Kier molecular flexibility index (Phi) is 9.43. The zero-order valence-electron chi connectivity index (χ0n) is 6.56. The van der Waals surface area contributed by atoms with E-state index < -0.39 is 0 Å². The molecule has 1 rings (SSSR count). The van der Waals surface area contributed by atoms with Gasteiger partial charge in [-0.05, 0) is 20.1 Å². The fourth-order valence-electron chi connectivity index (χ4n) is 0.879. The van der Waals surface area contributed by atoms with E-state index in [-0.39, 0.29) is 30.5 Å². The molecule has 1 fully saturated rings. The van der Waals surface area contributed by atoms with Gasteiger partial charge in [-0.3, -0.25) is 0 Å². The van der Waals surface area contributed by atoms with Crippen molar-refractivity contribution in [1.82, 2.24) is 4.90 Å². The van der Waals surface area contributed by atoms with Crippen LogP contribution in [0.4, 0.5) is 0 Å². The Morgan fingerprint density at radius 2 is 1.67 bits per heavy atom. The smallest absolute Gasteiger partial charge is 0.358 e. The molecule has 0 unspecified atom stereocenters. The molecule has 0 aliphatic carbocycles. The summed E-state index contributed by atoms with van der Waals surface area (Å²) < 4.78 is 0. The van der Waals surface area contributed by atoms with Gasteiger partial charge in [0.1, 0.15) is 0 Å². The van der Waals surface area contributed by atoms with E-state index in [1.165, 1.54) is 25.9 Å². The molecule has 1 heterocycles. The Hall–Kier alpha value is 0.726. The van der Waals surface area contributed by atoms with Crippen LogP contribution in [-0.4, -0.2) is 48.1 Å². The van der Waals surface area contributed by atoms with Crippen molar-refractivity contribution >= 4 is 23.1 Å². The first-order valence-corrected chi connectivity index (χ1v) is 2.90.